The zero-order valence-corrected chi connectivity index (χ0v) is 15.6. The van der Waals surface area contributed by atoms with Crippen molar-refractivity contribution < 1.29 is 13.9 Å². The molecule has 2 aromatic carbocycles. The molecule has 0 bridgehead atoms. The van der Waals surface area contributed by atoms with Crippen molar-refractivity contribution in [3.8, 4) is 11.5 Å². The van der Waals surface area contributed by atoms with Crippen LogP contribution in [0.25, 0.3) is 11.0 Å². The predicted octanol–water partition coefficient (Wildman–Crippen LogP) is 3.67. The number of anilines is 2. The number of hydrogen-bond acceptors (Lipinski definition) is 5. The Hall–Kier alpha value is -3.94. The van der Waals surface area contributed by atoms with E-state index in [2.05, 4.69) is 15.3 Å². The molecule has 0 saturated carbocycles. The first-order chi connectivity index (χ1) is 14.0. The number of primary amides is 1. The summed E-state index contributed by atoms with van der Waals surface area (Å²) in [7, 11) is 1.85. The highest BCUT2D eigenvalue weighted by molar-refractivity contribution is 5.81. The number of aryl methyl sites for hydroxylation is 1. The van der Waals surface area contributed by atoms with Gasteiger partial charge in [-0.25, -0.2) is 9.37 Å². The van der Waals surface area contributed by atoms with Crippen LogP contribution in [0.15, 0.2) is 60.8 Å². The first-order valence-electron chi connectivity index (χ1n) is 8.89. The molecule has 0 unspecified atom stereocenters. The molecule has 146 valence electrons. The molecule has 0 spiro atoms. The Balaban J connectivity index is 1.60. The van der Waals surface area contributed by atoms with Gasteiger partial charge in [-0.2, -0.15) is 0 Å². The summed E-state index contributed by atoms with van der Waals surface area (Å²) in [6, 6.07) is 15.2. The highest BCUT2D eigenvalue weighted by Crippen LogP contribution is 2.28. The summed E-state index contributed by atoms with van der Waals surface area (Å²) >= 11 is 0. The maximum absolute atomic E-state index is 13.9. The van der Waals surface area contributed by atoms with Crippen LogP contribution in [0.1, 0.15) is 5.69 Å². The van der Waals surface area contributed by atoms with Crippen LogP contribution in [0.3, 0.4) is 0 Å². The van der Waals surface area contributed by atoms with E-state index in [1.54, 1.807) is 42.6 Å². The van der Waals surface area contributed by atoms with Gasteiger partial charge < -0.3 is 20.4 Å². The van der Waals surface area contributed by atoms with Crippen molar-refractivity contribution >= 4 is 28.6 Å². The van der Waals surface area contributed by atoms with Gasteiger partial charge >= 0.3 is 0 Å². The van der Waals surface area contributed by atoms with Crippen molar-refractivity contribution in [2.24, 2.45) is 12.8 Å². The zero-order valence-electron chi connectivity index (χ0n) is 15.6. The molecule has 7 nitrogen and oxygen atoms in total. The summed E-state index contributed by atoms with van der Waals surface area (Å²) in [5.41, 5.74) is 7.64. The van der Waals surface area contributed by atoms with Crippen LogP contribution < -0.4 is 15.8 Å². The Morgan fingerprint density at radius 2 is 1.97 bits per heavy atom. The number of rotatable bonds is 6. The number of benzene rings is 2. The lowest BCUT2D eigenvalue weighted by Crippen LogP contribution is -2.14. The fraction of sp³-hybridized carbons (Fsp3) is 0.0952. The van der Waals surface area contributed by atoms with E-state index >= 15 is 0 Å². The Bertz CT molecular complexity index is 1200. The minimum absolute atomic E-state index is 0.0432. The minimum Gasteiger partial charge on any atom is -0.457 e. The maximum atomic E-state index is 13.9. The Morgan fingerprint density at radius 1 is 1.17 bits per heavy atom. The number of hydrogen-bond donors (Lipinski definition) is 2. The highest BCUT2D eigenvalue weighted by atomic mass is 19.1. The van der Waals surface area contributed by atoms with Crippen LogP contribution in [0.4, 0.5) is 16.0 Å². The molecule has 0 saturated heterocycles. The summed E-state index contributed by atoms with van der Waals surface area (Å²) in [6.07, 6.45) is 1.60. The number of imidazole rings is 1. The van der Waals surface area contributed by atoms with Crippen molar-refractivity contribution in [3.63, 3.8) is 0 Å². The highest BCUT2D eigenvalue weighted by Gasteiger charge is 2.11. The van der Waals surface area contributed by atoms with Gasteiger partial charge in [0.25, 0.3) is 0 Å². The molecular weight excluding hydrogens is 373 g/mol. The molecule has 29 heavy (non-hydrogen) atoms. The molecule has 4 aromatic rings. The molecule has 4 rings (SSSR count). The van der Waals surface area contributed by atoms with E-state index in [0.717, 1.165) is 5.52 Å². The van der Waals surface area contributed by atoms with Crippen LogP contribution in [-0.4, -0.2) is 20.4 Å². The molecule has 2 heterocycles. The van der Waals surface area contributed by atoms with Crippen molar-refractivity contribution in [2.45, 2.75) is 6.42 Å². The quantitative estimate of drug-likeness (QED) is 0.523. The number of nitrogens with two attached hydrogens (primary N) is 1. The number of ether oxygens (including phenoxy) is 1. The van der Waals surface area contributed by atoms with E-state index in [1.807, 2.05) is 23.7 Å². The number of pyridine rings is 1. The molecule has 0 atom stereocenters. The second kappa shape index (κ2) is 7.59. The normalized spacial score (nSPS) is 10.8. The molecule has 0 fully saturated rings. The number of fused-ring (bicyclic) bond motifs is 1. The summed E-state index contributed by atoms with van der Waals surface area (Å²) in [4.78, 5) is 19.7. The molecular formula is C21H18FN5O2. The zero-order chi connectivity index (χ0) is 20.4. The van der Waals surface area contributed by atoms with Gasteiger partial charge in [0.15, 0.2) is 0 Å². The molecule has 0 radical (unpaired) electrons. The van der Waals surface area contributed by atoms with Gasteiger partial charge in [0, 0.05) is 25.4 Å². The lowest BCUT2D eigenvalue weighted by Gasteiger charge is -2.07. The lowest BCUT2D eigenvalue weighted by atomic mass is 10.2. The largest absolute Gasteiger partial charge is 0.457 e. The van der Waals surface area contributed by atoms with Crippen molar-refractivity contribution in [2.75, 3.05) is 5.32 Å². The number of halogens is 1. The number of para-hydroxylation sites is 1. The predicted molar refractivity (Wildman–Crippen MR) is 108 cm³/mol. The fourth-order valence-corrected chi connectivity index (χ4v) is 2.97. The Labute approximate surface area is 166 Å². The average Bonchev–Trinajstić information content (AvgIpc) is 2.98. The Morgan fingerprint density at radius 3 is 2.76 bits per heavy atom. The van der Waals surface area contributed by atoms with E-state index in [4.69, 9.17) is 10.5 Å². The van der Waals surface area contributed by atoms with Crippen LogP contribution >= 0.6 is 0 Å². The van der Waals surface area contributed by atoms with E-state index in [1.165, 1.54) is 6.07 Å². The fourth-order valence-electron chi connectivity index (χ4n) is 2.97. The number of aromatic nitrogens is 3. The summed E-state index contributed by atoms with van der Waals surface area (Å²) in [5.74, 6) is 0.808. The number of amides is 1. The lowest BCUT2D eigenvalue weighted by molar-refractivity contribution is -0.117. The van der Waals surface area contributed by atoms with Gasteiger partial charge in [0.1, 0.15) is 17.3 Å². The molecule has 8 heteroatoms. The molecule has 2 aromatic heterocycles. The number of nitrogens with one attached hydrogen (secondary N) is 1. The summed E-state index contributed by atoms with van der Waals surface area (Å²) < 4.78 is 21.6. The SMILES string of the molecule is Cn1c(Nc2ccccc2F)nc2cc(Oc3ccnc(CC(N)=O)c3)ccc21. The molecule has 0 aliphatic rings. The van der Waals surface area contributed by atoms with E-state index in [9.17, 15) is 9.18 Å². The van der Waals surface area contributed by atoms with Crippen molar-refractivity contribution in [3.05, 3.63) is 72.3 Å². The minimum atomic E-state index is -0.459. The molecule has 1 amide bonds. The van der Waals surface area contributed by atoms with Gasteiger partial charge in [-0.3, -0.25) is 9.78 Å². The maximum Gasteiger partial charge on any atom is 0.223 e. The van der Waals surface area contributed by atoms with Gasteiger partial charge in [-0.15, -0.1) is 0 Å². The summed E-state index contributed by atoms with van der Waals surface area (Å²) in [6.45, 7) is 0. The van der Waals surface area contributed by atoms with Gasteiger partial charge in [-0.1, -0.05) is 12.1 Å². The van der Waals surface area contributed by atoms with Crippen LogP contribution in [0.2, 0.25) is 0 Å². The van der Waals surface area contributed by atoms with E-state index < -0.39 is 5.91 Å². The van der Waals surface area contributed by atoms with Gasteiger partial charge in [0.05, 0.1) is 28.8 Å². The van der Waals surface area contributed by atoms with Crippen molar-refractivity contribution in [1.82, 2.24) is 14.5 Å². The third-order valence-corrected chi connectivity index (χ3v) is 4.35. The second-order valence-corrected chi connectivity index (χ2v) is 6.48. The van der Waals surface area contributed by atoms with Gasteiger partial charge in [-0.05, 0) is 30.3 Å². The molecule has 3 N–H and O–H groups in total. The number of carbonyl (C=O) groups is 1. The Kier molecular flexibility index (Phi) is 4.82. The van der Waals surface area contributed by atoms with E-state index in [-0.39, 0.29) is 12.2 Å². The first-order valence-corrected chi connectivity index (χ1v) is 8.89. The van der Waals surface area contributed by atoms with Gasteiger partial charge in [0.2, 0.25) is 11.9 Å². The smallest absolute Gasteiger partial charge is 0.223 e. The van der Waals surface area contributed by atoms with Crippen LogP contribution in [0.5, 0.6) is 11.5 Å². The third-order valence-electron chi connectivity index (χ3n) is 4.35. The monoisotopic (exact) mass is 391 g/mol. The van der Waals surface area contributed by atoms with Crippen molar-refractivity contribution in [1.29, 1.82) is 0 Å². The topological polar surface area (TPSA) is 95.1 Å². The third kappa shape index (κ3) is 4.01. The van der Waals surface area contributed by atoms with E-state index in [0.29, 0.717) is 34.3 Å². The summed E-state index contributed by atoms with van der Waals surface area (Å²) in [5, 5.41) is 3.01. The van der Waals surface area contributed by atoms with Crippen LogP contribution in [-0.2, 0) is 18.3 Å². The molecule has 0 aliphatic carbocycles. The molecule has 0 aliphatic heterocycles. The number of carbonyl (C=O) groups excluding carboxylic acids is 1. The standard InChI is InChI=1S/C21H18FN5O2/c1-27-19-7-6-14(29-15-8-9-24-13(10-15)11-20(23)28)12-18(19)26-21(27)25-17-5-3-2-4-16(17)22/h2-10,12H,11H2,1H3,(H2,23,28)(H,25,26). The average molecular weight is 391 g/mol. The number of nitrogens with zero attached hydrogens (tertiary/aromatic N) is 3. The van der Waals surface area contributed by atoms with Crippen LogP contribution in [0, 0.1) is 5.82 Å². The first kappa shape index (κ1) is 18.4. The second-order valence-electron chi connectivity index (χ2n) is 6.48.